The summed E-state index contributed by atoms with van der Waals surface area (Å²) >= 11 is 0. The number of carbonyl (C=O) groups is 1. The van der Waals surface area contributed by atoms with Crippen LogP contribution in [0.15, 0.2) is 85.1 Å². The molecule has 4 heteroatoms. The van der Waals surface area contributed by atoms with E-state index in [1.54, 1.807) is 0 Å². The number of aromatic nitrogens is 1. The van der Waals surface area contributed by atoms with Gasteiger partial charge in [-0.3, -0.25) is 9.69 Å². The predicted octanol–water partition coefficient (Wildman–Crippen LogP) is 7.36. The molecule has 5 rings (SSSR count). The van der Waals surface area contributed by atoms with Crippen LogP contribution in [0.5, 0.6) is 0 Å². The molecule has 0 radical (unpaired) electrons. The van der Waals surface area contributed by atoms with Gasteiger partial charge in [0.1, 0.15) is 0 Å². The number of aromatic amines is 1. The Labute approximate surface area is 207 Å². The van der Waals surface area contributed by atoms with E-state index in [1.165, 1.54) is 24.0 Å². The Balaban J connectivity index is 1.38. The van der Waals surface area contributed by atoms with E-state index in [9.17, 15) is 4.79 Å². The zero-order valence-electron chi connectivity index (χ0n) is 20.6. The summed E-state index contributed by atoms with van der Waals surface area (Å²) in [6, 6.07) is 24.6. The molecule has 1 aliphatic rings. The van der Waals surface area contributed by atoms with Gasteiger partial charge in [-0.15, -0.1) is 0 Å². The SMILES string of the molecule is CCCC(C)N1CC=C(c2c[nH]c3ccc(NC(=O)c4ccccc4-c4ccccc4)cc23)CC1. The van der Waals surface area contributed by atoms with Crippen LogP contribution in [0, 0.1) is 0 Å². The van der Waals surface area contributed by atoms with Crippen LogP contribution >= 0.6 is 0 Å². The van der Waals surface area contributed by atoms with Crippen LogP contribution in [0.25, 0.3) is 27.6 Å². The Morgan fingerprint density at radius 3 is 2.60 bits per heavy atom. The first-order valence-electron chi connectivity index (χ1n) is 12.6. The second-order valence-electron chi connectivity index (χ2n) is 9.44. The standard InChI is InChI=1S/C31H33N3O/c1-3-9-22(2)34-18-16-24(17-19-34)29-21-32-30-15-14-25(20-28(29)30)33-31(35)27-13-8-7-12-26(27)23-10-5-4-6-11-23/h4-8,10-16,20-22,32H,3,9,17-19H2,1-2H3,(H,33,35). The molecule has 0 saturated carbocycles. The molecule has 178 valence electrons. The first-order chi connectivity index (χ1) is 17.1. The summed E-state index contributed by atoms with van der Waals surface area (Å²) in [6.07, 6.45) is 7.99. The number of carbonyl (C=O) groups excluding carboxylic acids is 1. The minimum Gasteiger partial charge on any atom is -0.361 e. The number of hydrogen-bond donors (Lipinski definition) is 2. The fraction of sp³-hybridized carbons (Fsp3) is 0.258. The highest BCUT2D eigenvalue weighted by molar-refractivity contribution is 6.09. The highest BCUT2D eigenvalue weighted by Gasteiger charge is 2.19. The van der Waals surface area contributed by atoms with E-state index in [0.717, 1.165) is 47.2 Å². The number of fused-ring (bicyclic) bond motifs is 1. The van der Waals surface area contributed by atoms with E-state index in [2.05, 4.69) is 53.5 Å². The van der Waals surface area contributed by atoms with Crippen LogP contribution in [-0.4, -0.2) is 34.9 Å². The Morgan fingerprint density at radius 2 is 1.83 bits per heavy atom. The van der Waals surface area contributed by atoms with Crippen LogP contribution in [0.2, 0.25) is 0 Å². The largest absolute Gasteiger partial charge is 0.361 e. The van der Waals surface area contributed by atoms with Crippen molar-refractivity contribution in [2.75, 3.05) is 18.4 Å². The number of amides is 1. The molecule has 3 aromatic carbocycles. The predicted molar refractivity (Wildman–Crippen MR) is 147 cm³/mol. The van der Waals surface area contributed by atoms with Gasteiger partial charge in [0.2, 0.25) is 0 Å². The number of benzene rings is 3. The van der Waals surface area contributed by atoms with Crippen molar-refractivity contribution >= 4 is 28.1 Å². The number of nitrogens with one attached hydrogen (secondary N) is 2. The molecule has 2 heterocycles. The van der Waals surface area contributed by atoms with E-state index in [4.69, 9.17) is 0 Å². The second kappa shape index (κ2) is 10.3. The van der Waals surface area contributed by atoms with Gasteiger partial charge in [0.25, 0.3) is 5.91 Å². The van der Waals surface area contributed by atoms with Crippen LogP contribution in [-0.2, 0) is 0 Å². The highest BCUT2D eigenvalue weighted by atomic mass is 16.1. The van der Waals surface area contributed by atoms with E-state index in [0.29, 0.717) is 11.6 Å². The van der Waals surface area contributed by atoms with E-state index in [-0.39, 0.29) is 5.91 Å². The van der Waals surface area contributed by atoms with Gasteiger partial charge in [-0.05, 0) is 60.7 Å². The fourth-order valence-corrected chi connectivity index (χ4v) is 5.14. The highest BCUT2D eigenvalue weighted by Crippen LogP contribution is 2.32. The van der Waals surface area contributed by atoms with Gasteiger partial charge in [-0.25, -0.2) is 0 Å². The molecular formula is C31H33N3O. The van der Waals surface area contributed by atoms with E-state index in [1.807, 2.05) is 60.7 Å². The first-order valence-corrected chi connectivity index (χ1v) is 12.6. The third-order valence-electron chi connectivity index (χ3n) is 7.11. The Kier molecular flexibility index (Phi) is 6.82. The van der Waals surface area contributed by atoms with Crippen molar-refractivity contribution in [1.82, 2.24) is 9.88 Å². The molecule has 1 atom stereocenters. The van der Waals surface area contributed by atoms with Crippen molar-refractivity contribution in [2.24, 2.45) is 0 Å². The molecule has 4 nitrogen and oxygen atoms in total. The molecule has 0 bridgehead atoms. The zero-order valence-corrected chi connectivity index (χ0v) is 20.6. The van der Waals surface area contributed by atoms with Crippen LogP contribution < -0.4 is 5.32 Å². The smallest absolute Gasteiger partial charge is 0.256 e. The normalized spacial score (nSPS) is 15.1. The summed E-state index contributed by atoms with van der Waals surface area (Å²) in [4.78, 5) is 19.3. The first kappa shape index (κ1) is 23.1. The van der Waals surface area contributed by atoms with Crippen LogP contribution in [0.4, 0.5) is 5.69 Å². The van der Waals surface area contributed by atoms with E-state index >= 15 is 0 Å². The number of hydrogen-bond acceptors (Lipinski definition) is 2. The average molecular weight is 464 g/mol. The molecule has 1 unspecified atom stereocenters. The number of nitrogens with zero attached hydrogens (tertiary/aromatic N) is 1. The topological polar surface area (TPSA) is 48.1 Å². The lowest BCUT2D eigenvalue weighted by molar-refractivity contribution is 0.102. The summed E-state index contributed by atoms with van der Waals surface area (Å²) in [5.74, 6) is -0.0988. The lowest BCUT2D eigenvalue weighted by Crippen LogP contribution is -2.36. The molecule has 0 fully saturated rings. The van der Waals surface area contributed by atoms with Crippen LogP contribution in [0.3, 0.4) is 0 Å². The summed E-state index contributed by atoms with van der Waals surface area (Å²) in [7, 11) is 0. The lowest BCUT2D eigenvalue weighted by Gasteiger charge is -2.31. The molecule has 35 heavy (non-hydrogen) atoms. The monoisotopic (exact) mass is 463 g/mol. The minimum atomic E-state index is -0.0988. The molecule has 4 aromatic rings. The summed E-state index contributed by atoms with van der Waals surface area (Å²) in [5.41, 5.74) is 7.16. The maximum absolute atomic E-state index is 13.3. The van der Waals surface area contributed by atoms with Gasteiger partial charge in [0.05, 0.1) is 0 Å². The fourth-order valence-electron chi connectivity index (χ4n) is 5.14. The molecule has 1 amide bonds. The molecule has 2 N–H and O–H groups in total. The van der Waals surface area contributed by atoms with E-state index < -0.39 is 0 Å². The van der Waals surface area contributed by atoms with Gasteiger partial charge in [-0.1, -0.05) is 68.0 Å². The third kappa shape index (κ3) is 4.94. The lowest BCUT2D eigenvalue weighted by atomic mass is 9.97. The van der Waals surface area contributed by atoms with Crippen molar-refractivity contribution in [3.8, 4) is 11.1 Å². The van der Waals surface area contributed by atoms with Crippen molar-refractivity contribution in [3.05, 3.63) is 96.2 Å². The summed E-state index contributed by atoms with van der Waals surface area (Å²) in [6.45, 7) is 6.67. The molecule has 0 saturated heterocycles. The van der Waals surface area contributed by atoms with Gasteiger partial charge in [-0.2, -0.15) is 0 Å². The Bertz CT molecular complexity index is 1350. The number of H-pyrrole nitrogens is 1. The molecule has 0 spiro atoms. The molecule has 0 aliphatic carbocycles. The zero-order chi connectivity index (χ0) is 24.2. The second-order valence-corrected chi connectivity index (χ2v) is 9.44. The van der Waals surface area contributed by atoms with Crippen molar-refractivity contribution < 1.29 is 4.79 Å². The van der Waals surface area contributed by atoms with Gasteiger partial charge in [0, 0.05) is 53.0 Å². The quantitative estimate of drug-likeness (QED) is 0.301. The number of rotatable bonds is 7. The minimum absolute atomic E-state index is 0.0988. The van der Waals surface area contributed by atoms with Gasteiger partial charge >= 0.3 is 0 Å². The molecule has 1 aromatic heterocycles. The third-order valence-corrected chi connectivity index (χ3v) is 7.11. The van der Waals surface area contributed by atoms with Gasteiger partial charge < -0.3 is 10.3 Å². The summed E-state index contributed by atoms with van der Waals surface area (Å²) in [5, 5.41) is 4.29. The van der Waals surface area contributed by atoms with Crippen molar-refractivity contribution in [1.29, 1.82) is 0 Å². The summed E-state index contributed by atoms with van der Waals surface area (Å²) < 4.78 is 0. The average Bonchev–Trinajstić information content (AvgIpc) is 3.33. The maximum atomic E-state index is 13.3. The Hall–Kier alpha value is -3.63. The number of anilines is 1. The molecule has 1 aliphatic heterocycles. The van der Waals surface area contributed by atoms with Crippen LogP contribution in [0.1, 0.15) is 49.0 Å². The maximum Gasteiger partial charge on any atom is 0.256 e. The Morgan fingerprint density at radius 1 is 1.03 bits per heavy atom. The van der Waals surface area contributed by atoms with Gasteiger partial charge in [0.15, 0.2) is 0 Å². The van der Waals surface area contributed by atoms with Crippen molar-refractivity contribution in [3.63, 3.8) is 0 Å². The van der Waals surface area contributed by atoms with Crippen molar-refractivity contribution in [2.45, 2.75) is 39.2 Å². The molecular weight excluding hydrogens is 430 g/mol.